The van der Waals surface area contributed by atoms with Gasteiger partial charge in [0.25, 0.3) is 0 Å². The summed E-state index contributed by atoms with van der Waals surface area (Å²) in [7, 11) is 0. The van der Waals surface area contributed by atoms with Crippen LogP contribution in [0.25, 0.3) is 0 Å². The van der Waals surface area contributed by atoms with Gasteiger partial charge in [-0.3, -0.25) is 9.69 Å². The minimum atomic E-state index is 0.193. The monoisotopic (exact) mass is 343 g/mol. The molecule has 0 N–H and O–H groups in total. The van der Waals surface area contributed by atoms with Crippen LogP contribution in [0.4, 0.5) is 0 Å². The quantitative estimate of drug-likeness (QED) is 0.505. The van der Waals surface area contributed by atoms with Gasteiger partial charge in [0.2, 0.25) is 0 Å². The van der Waals surface area contributed by atoms with Crippen LogP contribution in [0.1, 0.15) is 58.3 Å². The fourth-order valence-electron chi connectivity index (χ4n) is 4.26. The molecule has 138 valence electrons. The Bertz CT molecular complexity index is 510. The first-order valence-corrected chi connectivity index (χ1v) is 9.83. The summed E-state index contributed by atoms with van der Waals surface area (Å²) in [5, 5.41) is 0. The Morgan fingerprint density at radius 3 is 2.44 bits per heavy atom. The minimum absolute atomic E-state index is 0.193. The molecule has 0 amide bonds. The number of nitrogens with zero attached hydrogens (tertiary/aromatic N) is 1. The topological polar surface area (TPSA) is 37.4 Å². The maximum atomic E-state index is 12.8. The molecule has 1 aliphatic heterocycles. The SMILES string of the molecule is C=C/C=C\C=C(/C)C1CCCN1CC(=O)C1CCCC(C=O)CCC1. The lowest BCUT2D eigenvalue weighted by Gasteiger charge is -2.27. The highest BCUT2D eigenvalue weighted by Gasteiger charge is 2.30. The van der Waals surface area contributed by atoms with E-state index in [9.17, 15) is 9.59 Å². The van der Waals surface area contributed by atoms with E-state index >= 15 is 0 Å². The molecular formula is C22H33NO2. The molecule has 1 saturated carbocycles. The van der Waals surface area contributed by atoms with Crippen LogP contribution in [0.5, 0.6) is 0 Å². The normalized spacial score (nSPS) is 29.3. The number of likely N-dealkylation sites (tertiary alicyclic amines) is 1. The Kier molecular flexibility index (Phi) is 8.33. The summed E-state index contributed by atoms with van der Waals surface area (Å²) in [6, 6.07) is 0.395. The van der Waals surface area contributed by atoms with Crippen LogP contribution >= 0.6 is 0 Å². The molecule has 0 spiro atoms. The second-order valence-corrected chi connectivity index (χ2v) is 7.58. The number of carbonyl (C=O) groups excluding carboxylic acids is 2. The van der Waals surface area contributed by atoms with Gasteiger partial charge in [0.15, 0.2) is 0 Å². The third kappa shape index (κ3) is 6.07. The lowest BCUT2D eigenvalue weighted by molar-refractivity contribution is -0.124. The molecule has 3 heteroatoms. The zero-order valence-corrected chi connectivity index (χ0v) is 15.7. The third-order valence-corrected chi connectivity index (χ3v) is 5.76. The second kappa shape index (κ2) is 10.5. The molecule has 1 aliphatic carbocycles. The fraction of sp³-hybridized carbons (Fsp3) is 0.636. The molecule has 2 fully saturated rings. The largest absolute Gasteiger partial charge is 0.303 e. The van der Waals surface area contributed by atoms with E-state index in [2.05, 4.69) is 24.5 Å². The van der Waals surface area contributed by atoms with E-state index in [4.69, 9.17) is 0 Å². The second-order valence-electron chi connectivity index (χ2n) is 7.58. The number of Topliss-reactive ketones (excluding diaryl/α,β-unsaturated/α-hetero) is 1. The molecule has 1 atom stereocenters. The van der Waals surface area contributed by atoms with Crippen molar-refractivity contribution < 1.29 is 9.59 Å². The van der Waals surface area contributed by atoms with Gasteiger partial charge in [-0.25, -0.2) is 0 Å². The molecule has 2 rings (SSSR count). The van der Waals surface area contributed by atoms with Crippen LogP contribution in [-0.4, -0.2) is 36.1 Å². The number of carbonyl (C=O) groups is 2. The predicted molar refractivity (Wildman–Crippen MR) is 103 cm³/mol. The number of ketones is 1. The summed E-state index contributed by atoms with van der Waals surface area (Å²) in [4.78, 5) is 26.2. The van der Waals surface area contributed by atoms with Crippen molar-refractivity contribution in [2.45, 2.75) is 64.3 Å². The van der Waals surface area contributed by atoms with Gasteiger partial charge < -0.3 is 4.79 Å². The van der Waals surface area contributed by atoms with Gasteiger partial charge >= 0.3 is 0 Å². The molecule has 2 aliphatic rings. The van der Waals surface area contributed by atoms with Crippen molar-refractivity contribution in [1.82, 2.24) is 4.90 Å². The molecule has 0 aromatic rings. The zero-order valence-electron chi connectivity index (χ0n) is 15.7. The van der Waals surface area contributed by atoms with Crippen LogP contribution in [0.2, 0.25) is 0 Å². The van der Waals surface area contributed by atoms with Crippen LogP contribution in [0.3, 0.4) is 0 Å². The lowest BCUT2D eigenvalue weighted by Crippen LogP contribution is -2.37. The average molecular weight is 344 g/mol. The molecule has 1 saturated heterocycles. The third-order valence-electron chi connectivity index (χ3n) is 5.76. The lowest BCUT2D eigenvalue weighted by atomic mass is 9.84. The predicted octanol–water partition coefficient (Wildman–Crippen LogP) is 4.49. The Labute approximate surface area is 152 Å². The molecule has 3 nitrogen and oxygen atoms in total. The first kappa shape index (κ1) is 19.8. The molecule has 1 heterocycles. The van der Waals surface area contributed by atoms with Gasteiger partial charge in [-0.1, -0.05) is 49.3 Å². The van der Waals surface area contributed by atoms with Gasteiger partial charge in [0, 0.05) is 17.9 Å². The Morgan fingerprint density at radius 2 is 1.80 bits per heavy atom. The van der Waals surface area contributed by atoms with Crippen molar-refractivity contribution in [2.75, 3.05) is 13.1 Å². The van der Waals surface area contributed by atoms with Crippen molar-refractivity contribution in [1.29, 1.82) is 0 Å². The van der Waals surface area contributed by atoms with E-state index in [1.165, 1.54) is 12.0 Å². The van der Waals surface area contributed by atoms with Crippen molar-refractivity contribution in [3.05, 3.63) is 36.5 Å². The smallest absolute Gasteiger partial charge is 0.149 e. The van der Waals surface area contributed by atoms with Crippen LogP contribution in [-0.2, 0) is 9.59 Å². The number of rotatable bonds is 7. The van der Waals surface area contributed by atoms with Crippen molar-refractivity contribution >= 4 is 12.1 Å². The molecule has 0 radical (unpaired) electrons. The van der Waals surface area contributed by atoms with E-state index in [1.54, 1.807) is 6.08 Å². The van der Waals surface area contributed by atoms with Crippen molar-refractivity contribution in [3.8, 4) is 0 Å². The molecule has 1 unspecified atom stereocenters. The number of aldehydes is 1. The van der Waals surface area contributed by atoms with Gasteiger partial charge in [-0.15, -0.1) is 0 Å². The van der Waals surface area contributed by atoms with E-state index in [0.717, 1.165) is 57.8 Å². The molecule has 0 bridgehead atoms. The minimum Gasteiger partial charge on any atom is -0.303 e. The number of hydrogen-bond donors (Lipinski definition) is 0. The van der Waals surface area contributed by atoms with E-state index in [-0.39, 0.29) is 11.8 Å². The number of hydrogen-bond acceptors (Lipinski definition) is 3. The van der Waals surface area contributed by atoms with E-state index < -0.39 is 0 Å². The number of allylic oxidation sites excluding steroid dienone is 4. The Morgan fingerprint density at radius 1 is 1.08 bits per heavy atom. The molecule has 0 aromatic heterocycles. The van der Waals surface area contributed by atoms with Crippen LogP contribution in [0.15, 0.2) is 36.5 Å². The highest BCUT2D eigenvalue weighted by atomic mass is 16.1. The summed E-state index contributed by atoms with van der Waals surface area (Å²) in [5.41, 5.74) is 1.33. The standard InChI is InChI=1S/C22H33NO2/c1-3-4-5-9-18(2)21-14-8-15-23(21)16-22(25)20-12-6-10-19(17-24)11-7-13-20/h3-5,9,17,19-21H,1,6-8,10-16H2,2H3/b5-4-,18-9+. The molecular weight excluding hydrogens is 310 g/mol. The van der Waals surface area contributed by atoms with Gasteiger partial charge in [0.1, 0.15) is 12.1 Å². The van der Waals surface area contributed by atoms with E-state index in [0.29, 0.717) is 18.4 Å². The summed E-state index contributed by atoms with van der Waals surface area (Å²) in [6.07, 6.45) is 17.1. The van der Waals surface area contributed by atoms with Gasteiger partial charge in [-0.2, -0.15) is 0 Å². The summed E-state index contributed by atoms with van der Waals surface area (Å²) >= 11 is 0. The van der Waals surface area contributed by atoms with E-state index in [1.807, 2.05) is 12.2 Å². The summed E-state index contributed by atoms with van der Waals surface area (Å²) < 4.78 is 0. The Hall–Kier alpha value is -1.48. The highest BCUT2D eigenvalue weighted by molar-refractivity contribution is 5.83. The molecule has 25 heavy (non-hydrogen) atoms. The highest BCUT2D eigenvalue weighted by Crippen LogP contribution is 2.28. The van der Waals surface area contributed by atoms with Gasteiger partial charge in [0.05, 0.1) is 6.54 Å². The van der Waals surface area contributed by atoms with Crippen LogP contribution < -0.4 is 0 Å². The summed E-state index contributed by atoms with van der Waals surface area (Å²) in [6.45, 7) is 7.46. The first-order chi connectivity index (χ1) is 12.2. The Balaban J connectivity index is 1.90. The zero-order chi connectivity index (χ0) is 18.1. The van der Waals surface area contributed by atoms with Gasteiger partial charge in [-0.05, 0) is 52.0 Å². The molecule has 0 aromatic carbocycles. The van der Waals surface area contributed by atoms with Crippen molar-refractivity contribution in [3.63, 3.8) is 0 Å². The fourth-order valence-corrected chi connectivity index (χ4v) is 4.26. The van der Waals surface area contributed by atoms with Crippen LogP contribution in [0, 0.1) is 11.8 Å². The maximum absolute atomic E-state index is 12.8. The summed E-state index contributed by atoms with van der Waals surface area (Å²) in [5.74, 6) is 0.820. The average Bonchev–Trinajstić information content (AvgIpc) is 3.03. The maximum Gasteiger partial charge on any atom is 0.149 e. The first-order valence-electron chi connectivity index (χ1n) is 9.83. The van der Waals surface area contributed by atoms with Crippen molar-refractivity contribution in [2.24, 2.45) is 11.8 Å².